The van der Waals surface area contributed by atoms with Crippen LogP contribution in [0.25, 0.3) is 0 Å². The number of ether oxygens (including phenoxy) is 7. The summed E-state index contributed by atoms with van der Waals surface area (Å²) in [7, 11) is 3.12. The number of anilines is 1. The van der Waals surface area contributed by atoms with Crippen LogP contribution in [0, 0.1) is 0 Å². The molecule has 30 heavy (non-hydrogen) atoms. The molecule has 0 fully saturated rings. The predicted molar refractivity (Wildman–Crippen MR) is 102 cm³/mol. The fourth-order valence-corrected chi connectivity index (χ4v) is 4.39. The Kier molecular flexibility index (Phi) is 3.50. The van der Waals surface area contributed by atoms with Crippen molar-refractivity contribution in [1.82, 2.24) is 0 Å². The van der Waals surface area contributed by atoms with Crippen LogP contribution in [-0.4, -0.2) is 40.4 Å². The van der Waals surface area contributed by atoms with Gasteiger partial charge in [-0.2, -0.15) is 0 Å². The molecular formula is C21H17NO8. The summed E-state index contributed by atoms with van der Waals surface area (Å²) in [6.45, 7) is 0.380. The summed E-state index contributed by atoms with van der Waals surface area (Å²) < 4.78 is 38.9. The highest BCUT2D eigenvalue weighted by molar-refractivity contribution is 5.98. The van der Waals surface area contributed by atoms with Crippen LogP contribution >= 0.6 is 0 Å². The van der Waals surface area contributed by atoms with E-state index in [0.29, 0.717) is 45.8 Å². The largest absolute Gasteiger partial charge is 0.493 e. The first kappa shape index (κ1) is 17.1. The Labute approximate surface area is 171 Å². The van der Waals surface area contributed by atoms with Crippen molar-refractivity contribution in [3.05, 3.63) is 40.6 Å². The average Bonchev–Trinajstić information content (AvgIpc) is 3.50. The minimum atomic E-state index is -0.487. The smallest absolute Gasteiger partial charge is 0.337 e. The first-order chi connectivity index (χ1) is 14.7. The zero-order valence-corrected chi connectivity index (χ0v) is 16.2. The molecule has 4 heterocycles. The number of benzene rings is 2. The maximum absolute atomic E-state index is 12.7. The summed E-state index contributed by atoms with van der Waals surface area (Å²) in [5, 5.41) is 3.31. The van der Waals surface area contributed by atoms with Gasteiger partial charge in [-0.15, -0.1) is 0 Å². The van der Waals surface area contributed by atoms with Crippen LogP contribution in [0.2, 0.25) is 0 Å². The Morgan fingerprint density at radius 2 is 1.70 bits per heavy atom. The summed E-state index contributed by atoms with van der Waals surface area (Å²) in [6, 6.07) is 5.54. The highest BCUT2D eigenvalue weighted by Crippen LogP contribution is 2.56. The molecule has 0 radical (unpaired) electrons. The van der Waals surface area contributed by atoms with Crippen LogP contribution in [0.3, 0.4) is 0 Å². The van der Waals surface area contributed by atoms with Crippen molar-refractivity contribution in [2.45, 2.75) is 5.92 Å². The highest BCUT2D eigenvalue weighted by atomic mass is 16.7. The van der Waals surface area contributed by atoms with Crippen molar-refractivity contribution in [2.24, 2.45) is 0 Å². The van der Waals surface area contributed by atoms with E-state index in [-0.39, 0.29) is 26.2 Å². The summed E-state index contributed by atoms with van der Waals surface area (Å²) in [5.41, 5.74) is 3.51. The molecular weight excluding hydrogens is 394 g/mol. The van der Waals surface area contributed by atoms with Crippen molar-refractivity contribution < 1.29 is 38.0 Å². The second-order valence-electron chi connectivity index (χ2n) is 7.09. The lowest BCUT2D eigenvalue weighted by Gasteiger charge is -2.29. The van der Waals surface area contributed by atoms with E-state index in [9.17, 15) is 4.79 Å². The van der Waals surface area contributed by atoms with Gasteiger partial charge in [0.1, 0.15) is 6.61 Å². The van der Waals surface area contributed by atoms with Crippen molar-refractivity contribution in [1.29, 1.82) is 0 Å². The van der Waals surface area contributed by atoms with Crippen LogP contribution in [0.15, 0.2) is 29.5 Å². The van der Waals surface area contributed by atoms with E-state index in [4.69, 9.17) is 33.2 Å². The zero-order chi connectivity index (χ0) is 20.4. The van der Waals surface area contributed by atoms with E-state index in [1.54, 1.807) is 14.2 Å². The molecule has 1 unspecified atom stereocenters. The van der Waals surface area contributed by atoms with Crippen LogP contribution in [0.1, 0.15) is 17.0 Å². The Balaban J connectivity index is 1.63. The van der Waals surface area contributed by atoms with Crippen molar-refractivity contribution in [3.63, 3.8) is 0 Å². The van der Waals surface area contributed by atoms with Crippen LogP contribution < -0.4 is 33.7 Å². The van der Waals surface area contributed by atoms with E-state index in [1.165, 1.54) is 0 Å². The first-order valence-electron chi connectivity index (χ1n) is 9.34. The van der Waals surface area contributed by atoms with Crippen LogP contribution in [0.5, 0.6) is 34.5 Å². The molecule has 2 aromatic rings. The summed E-state index contributed by atoms with van der Waals surface area (Å²) in [6.07, 6.45) is 0. The number of nitrogens with one attached hydrogen (secondary N) is 1. The van der Waals surface area contributed by atoms with Gasteiger partial charge in [0.15, 0.2) is 23.0 Å². The molecule has 0 saturated carbocycles. The molecule has 1 N–H and O–H groups in total. The van der Waals surface area contributed by atoms with Gasteiger partial charge in [0.05, 0.1) is 31.2 Å². The van der Waals surface area contributed by atoms with Gasteiger partial charge in [-0.05, 0) is 17.7 Å². The molecule has 154 valence electrons. The number of rotatable bonds is 3. The number of hydrogen-bond acceptors (Lipinski definition) is 9. The van der Waals surface area contributed by atoms with E-state index >= 15 is 0 Å². The van der Waals surface area contributed by atoms with Gasteiger partial charge in [-0.25, -0.2) is 4.79 Å². The predicted octanol–water partition coefficient (Wildman–Crippen LogP) is 2.53. The quantitative estimate of drug-likeness (QED) is 0.765. The Bertz CT molecular complexity index is 1140. The number of carbonyl (C=O) groups is 1. The molecule has 6 rings (SSSR count). The van der Waals surface area contributed by atoms with E-state index in [2.05, 4.69) is 5.32 Å². The normalized spacial score (nSPS) is 19.8. The molecule has 0 spiro atoms. The second kappa shape index (κ2) is 6.12. The molecule has 0 amide bonds. The molecule has 4 aliphatic rings. The van der Waals surface area contributed by atoms with Crippen LogP contribution in [-0.2, 0) is 9.53 Å². The highest BCUT2D eigenvalue weighted by Gasteiger charge is 2.43. The lowest BCUT2D eigenvalue weighted by Crippen LogP contribution is -2.21. The van der Waals surface area contributed by atoms with Crippen molar-refractivity contribution >= 4 is 11.7 Å². The molecule has 0 saturated heterocycles. The second-order valence-corrected chi connectivity index (χ2v) is 7.09. The maximum atomic E-state index is 12.7. The number of fused-ring (bicyclic) bond motifs is 3. The van der Waals surface area contributed by atoms with Gasteiger partial charge in [0, 0.05) is 17.5 Å². The zero-order valence-electron chi connectivity index (χ0n) is 16.2. The van der Waals surface area contributed by atoms with E-state index in [0.717, 1.165) is 16.8 Å². The monoisotopic (exact) mass is 411 g/mol. The molecule has 9 heteroatoms. The first-order valence-corrected chi connectivity index (χ1v) is 9.34. The van der Waals surface area contributed by atoms with E-state index < -0.39 is 5.92 Å². The van der Waals surface area contributed by atoms with Gasteiger partial charge in [0.2, 0.25) is 25.1 Å². The molecule has 9 nitrogen and oxygen atoms in total. The third kappa shape index (κ3) is 2.20. The summed E-state index contributed by atoms with van der Waals surface area (Å²) >= 11 is 0. The van der Waals surface area contributed by atoms with Gasteiger partial charge in [-0.1, -0.05) is 0 Å². The summed E-state index contributed by atoms with van der Waals surface area (Å²) in [4.78, 5) is 12.7. The van der Waals surface area contributed by atoms with Gasteiger partial charge < -0.3 is 38.5 Å². The molecule has 0 bridgehead atoms. The van der Waals surface area contributed by atoms with Gasteiger partial charge in [0.25, 0.3) is 0 Å². The third-order valence-electron chi connectivity index (χ3n) is 5.63. The topological polar surface area (TPSA) is 93.7 Å². The van der Waals surface area contributed by atoms with Gasteiger partial charge in [-0.3, -0.25) is 0 Å². The lowest BCUT2D eigenvalue weighted by molar-refractivity contribution is -0.136. The molecule has 4 aliphatic heterocycles. The van der Waals surface area contributed by atoms with Crippen molar-refractivity contribution in [2.75, 3.05) is 39.7 Å². The Morgan fingerprint density at radius 1 is 0.933 bits per heavy atom. The standard InChI is InChI=1S/C21H17NO8/c1-24-12-3-9(4-13-18(12)29-7-27-13)15-16-10(22-11-6-26-21(23)17(11)15)5-14-19(20(16)25-2)30-8-28-14/h3-5,15,22H,6-8H2,1-2H3. The van der Waals surface area contributed by atoms with Crippen LogP contribution in [0.4, 0.5) is 5.69 Å². The molecule has 1 atom stereocenters. The number of esters is 1. The third-order valence-corrected chi connectivity index (χ3v) is 5.63. The Morgan fingerprint density at radius 3 is 2.47 bits per heavy atom. The molecule has 0 aromatic heterocycles. The number of cyclic esters (lactones) is 1. The molecule has 0 aliphatic carbocycles. The fourth-order valence-electron chi connectivity index (χ4n) is 4.39. The summed E-state index contributed by atoms with van der Waals surface area (Å²) in [5.74, 6) is 2.33. The van der Waals surface area contributed by atoms with E-state index in [1.807, 2.05) is 18.2 Å². The maximum Gasteiger partial charge on any atom is 0.337 e. The number of methoxy groups -OCH3 is 2. The fraction of sp³-hybridized carbons (Fsp3) is 0.286. The minimum absolute atomic E-state index is 0.103. The van der Waals surface area contributed by atoms with Gasteiger partial charge >= 0.3 is 5.97 Å². The lowest BCUT2D eigenvalue weighted by atomic mass is 9.80. The number of hydrogen-bond donors (Lipinski definition) is 1. The average molecular weight is 411 g/mol. The molecule has 2 aromatic carbocycles. The minimum Gasteiger partial charge on any atom is -0.493 e. The Hall–Kier alpha value is -3.75. The number of carbonyl (C=O) groups excluding carboxylic acids is 1. The SMILES string of the molecule is COc1cc(C2C3=C(COC3=O)Nc3cc4c(c(OC)c32)OCO4)cc2c1OCO2. The van der Waals surface area contributed by atoms with Crippen molar-refractivity contribution in [3.8, 4) is 34.5 Å².